The molecular formula is C26H30ClN5O5S2. The van der Waals surface area contributed by atoms with Crippen LogP contribution in [0.15, 0.2) is 36.8 Å². The molecule has 0 saturated heterocycles. The molecule has 1 aliphatic heterocycles. The minimum atomic E-state index is -4.10. The van der Waals surface area contributed by atoms with Crippen molar-refractivity contribution in [3.05, 3.63) is 73.8 Å². The predicted molar refractivity (Wildman–Crippen MR) is 149 cm³/mol. The molecule has 0 radical (unpaired) electrons. The lowest BCUT2D eigenvalue weighted by Crippen LogP contribution is -2.33. The summed E-state index contributed by atoms with van der Waals surface area (Å²) in [5.41, 5.74) is 3.80. The Hall–Kier alpha value is -2.45. The van der Waals surface area contributed by atoms with Crippen LogP contribution >= 0.6 is 22.9 Å². The van der Waals surface area contributed by atoms with Gasteiger partial charge in [0.25, 0.3) is 0 Å². The first-order valence-corrected chi connectivity index (χ1v) is 15.2. The number of anilines is 1. The third-order valence-electron chi connectivity index (χ3n) is 7.45. The van der Waals surface area contributed by atoms with Crippen molar-refractivity contribution < 1.29 is 22.5 Å². The second-order valence-electron chi connectivity index (χ2n) is 10.1. The molecule has 1 fully saturated rings. The summed E-state index contributed by atoms with van der Waals surface area (Å²) in [5, 5.41) is 19.2. The number of likely N-dealkylation sites (N-methyl/N-ethyl adjacent to an activating group) is 1. The quantitative estimate of drug-likeness (QED) is 0.336. The van der Waals surface area contributed by atoms with Crippen LogP contribution in [0.2, 0.25) is 5.02 Å². The molecule has 0 amide bonds. The summed E-state index contributed by atoms with van der Waals surface area (Å²) in [4.78, 5) is 26.0. The summed E-state index contributed by atoms with van der Waals surface area (Å²) < 4.78 is 27.0. The molecule has 39 heavy (non-hydrogen) atoms. The van der Waals surface area contributed by atoms with Gasteiger partial charge in [0.15, 0.2) is 0 Å². The molecular weight excluding hydrogens is 562 g/mol. The average Bonchev–Trinajstić information content (AvgIpc) is 3.43. The molecule has 0 spiro atoms. The highest BCUT2D eigenvalue weighted by molar-refractivity contribution is 7.84. The summed E-state index contributed by atoms with van der Waals surface area (Å²) >= 11 is 7.78. The predicted octanol–water partition coefficient (Wildman–Crippen LogP) is 3.08. The van der Waals surface area contributed by atoms with Crippen molar-refractivity contribution in [3.63, 3.8) is 0 Å². The average molecular weight is 592 g/mol. The van der Waals surface area contributed by atoms with E-state index in [2.05, 4.69) is 37.5 Å². The van der Waals surface area contributed by atoms with E-state index in [0.717, 1.165) is 29.0 Å². The van der Waals surface area contributed by atoms with Gasteiger partial charge in [0, 0.05) is 34.6 Å². The number of carbonyl (C=O) groups excluding carboxylic acids is 1. The number of aliphatic hydroxyl groups excluding tert-OH is 1. The Morgan fingerprint density at radius 2 is 2.10 bits per heavy atom. The van der Waals surface area contributed by atoms with Crippen LogP contribution in [-0.2, 0) is 20.9 Å². The highest BCUT2D eigenvalue weighted by Crippen LogP contribution is 2.40. The fraction of sp³-hybridized carbons (Fsp3) is 0.423. The van der Waals surface area contributed by atoms with Crippen LogP contribution in [0.5, 0.6) is 0 Å². The van der Waals surface area contributed by atoms with E-state index in [1.807, 2.05) is 25.1 Å². The van der Waals surface area contributed by atoms with E-state index in [-0.39, 0.29) is 24.5 Å². The highest BCUT2D eigenvalue weighted by atomic mass is 35.5. The molecule has 2 aliphatic rings. The van der Waals surface area contributed by atoms with Gasteiger partial charge in [-0.1, -0.05) is 17.7 Å². The molecule has 4 N–H and O–H groups in total. The number of nitrogens with two attached hydrogens (primary N) is 1. The Labute approximate surface area is 236 Å². The number of thiophene rings is 1. The van der Waals surface area contributed by atoms with E-state index in [9.17, 15) is 18.3 Å². The Bertz CT molecular complexity index is 1500. The number of rotatable bonds is 8. The number of aliphatic hydroxyl groups is 1. The van der Waals surface area contributed by atoms with Gasteiger partial charge in [-0.2, -0.15) is 8.42 Å². The molecule has 2 aromatic heterocycles. The van der Waals surface area contributed by atoms with E-state index < -0.39 is 22.3 Å². The zero-order chi connectivity index (χ0) is 27.9. The van der Waals surface area contributed by atoms with Crippen LogP contribution in [0.1, 0.15) is 55.7 Å². The molecule has 3 aromatic rings. The van der Waals surface area contributed by atoms with E-state index in [0.29, 0.717) is 34.1 Å². The molecule has 13 heteroatoms. The van der Waals surface area contributed by atoms with Gasteiger partial charge in [-0.3, -0.25) is 13.9 Å². The molecule has 10 nitrogen and oxygen atoms in total. The van der Waals surface area contributed by atoms with Crippen LogP contribution in [0.3, 0.4) is 0 Å². The van der Waals surface area contributed by atoms with Gasteiger partial charge in [0.05, 0.1) is 29.2 Å². The number of aromatic nitrogens is 2. The van der Waals surface area contributed by atoms with Gasteiger partial charge in [-0.05, 0) is 68.1 Å². The monoisotopic (exact) mass is 591 g/mol. The maximum Gasteiger partial charge on any atom is 0.333 e. The molecule has 3 heterocycles. The number of benzene rings is 1. The lowest BCUT2D eigenvalue weighted by molar-refractivity contribution is 0.101. The first kappa shape index (κ1) is 28.1. The summed E-state index contributed by atoms with van der Waals surface area (Å²) in [6.45, 7) is 2.71. The largest absolute Gasteiger partial charge is 0.393 e. The topological polar surface area (TPSA) is 148 Å². The maximum absolute atomic E-state index is 13.7. The Kier molecular flexibility index (Phi) is 8.07. The summed E-state index contributed by atoms with van der Waals surface area (Å²) in [6, 6.07) is 7.72. The lowest BCUT2D eigenvalue weighted by atomic mass is 9.88. The first-order chi connectivity index (χ1) is 18.5. The third-order valence-corrected chi connectivity index (χ3v) is 9.22. The summed E-state index contributed by atoms with van der Waals surface area (Å²) in [6.07, 6.45) is 3.77. The van der Waals surface area contributed by atoms with E-state index in [1.54, 1.807) is 0 Å². The number of nitrogens with zero attached hydrogens (tertiary/aromatic N) is 3. The second-order valence-corrected chi connectivity index (χ2v) is 13.0. The van der Waals surface area contributed by atoms with Crippen molar-refractivity contribution in [3.8, 4) is 0 Å². The fourth-order valence-electron chi connectivity index (χ4n) is 5.51. The molecule has 1 unspecified atom stereocenters. The Morgan fingerprint density at radius 1 is 1.31 bits per heavy atom. The van der Waals surface area contributed by atoms with E-state index in [4.69, 9.17) is 16.7 Å². The molecule has 0 bridgehead atoms. The number of carbonyl (C=O) groups is 1. The Balaban J connectivity index is 1.37. The normalized spacial score (nSPS) is 23.5. The van der Waals surface area contributed by atoms with Crippen LogP contribution in [0, 0.1) is 12.8 Å². The minimum Gasteiger partial charge on any atom is -0.393 e. The van der Waals surface area contributed by atoms with Crippen LogP contribution in [0.4, 0.5) is 5.82 Å². The van der Waals surface area contributed by atoms with Crippen molar-refractivity contribution in [1.29, 1.82) is 0 Å². The van der Waals surface area contributed by atoms with Gasteiger partial charge < -0.3 is 10.4 Å². The minimum absolute atomic E-state index is 0.00803. The van der Waals surface area contributed by atoms with Crippen molar-refractivity contribution in [1.82, 2.24) is 14.9 Å². The van der Waals surface area contributed by atoms with Gasteiger partial charge in [-0.25, -0.2) is 15.1 Å². The SMILES string of the molecule is Cc1sc(C(=O)c2cncnc2NC2C[C@H](COS(N)(=O)=O)[C@@H](O)C2)cc1[C@H]1c2cc(Cl)ccc2CCN1C. The molecule has 1 saturated carbocycles. The highest BCUT2D eigenvalue weighted by Gasteiger charge is 2.35. The molecule has 1 aliphatic carbocycles. The van der Waals surface area contributed by atoms with Gasteiger partial charge >= 0.3 is 10.3 Å². The summed E-state index contributed by atoms with van der Waals surface area (Å²) in [5.74, 6) is -0.261. The maximum atomic E-state index is 13.7. The number of ketones is 1. The van der Waals surface area contributed by atoms with Gasteiger partial charge in [-0.15, -0.1) is 11.3 Å². The molecule has 1 aromatic carbocycles. The number of fused-ring (bicyclic) bond motifs is 1. The molecule has 4 atom stereocenters. The fourth-order valence-corrected chi connectivity index (χ4v) is 7.07. The number of aryl methyl sites for hydroxylation is 1. The van der Waals surface area contributed by atoms with Crippen LogP contribution < -0.4 is 10.5 Å². The second kappa shape index (κ2) is 11.2. The van der Waals surface area contributed by atoms with Crippen LogP contribution in [0.25, 0.3) is 0 Å². The smallest absolute Gasteiger partial charge is 0.333 e. The van der Waals surface area contributed by atoms with Crippen LogP contribution in [-0.4, -0.2) is 66.5 Å². The van der Waals surface area contributed by atoms with E-state index >= 15 is 0 Å². The van der Waals surface area contributed by atoms with Gasteiger partial charge in [0.1, 0.15) is 12.1 Å². The van der Waals surface area contributed by atoms with Crippen molar-refractivity contribution in [2.45, 2.75) is 44.4 Å². The molecule has 5 rings (SSSR count). The van der Waals surface area contributed by atoms with E-state index in [1.165, 1.54) is 29.4 Å². The zero-order valence-electron chi connectivity index (χ0n) is 21.5. The number of hydrogen-bond acceptors (Lipinski definition) is 10. The summed E-state index contributed by atoms with van der Waals surface area (Å²) in [7, 11) is -2.02. The van der Waals surface area contributed by atoms with Crippen molar-refractivity contribution >= 4 is 44.8 Å². The number of hydrogen-bond donors (Lipinski definition) is 3. The number of halogens is 1. The standard InChI is InChI=1S/C26H30ClN5O5S2/c1-14-19(24-20-8-17(27)4-3-15(20)5-6-32(24)2)10-23(38-14)25(34)21-11-29-13-30-26(21)31-18-7-16(22(33)9-18)12-37-39(28,35)36/h3-4,8,10-11,13,16,18,22,24,33H,5-7,9,12H2,1-2H3,(H2,28,35,36)(H,29,30,31)/t16-,18?,22+,24+/m1/s1. The first-order valence-electron chi connectivity index (χ1n) is 12.6. The van der Waals surface area contributed by atoms with Gasteiger partial charge in [0.2, 0.25) is 5.78 Å². The Morgan fingerprint density at radius 3 is 2.87 bits per heavy atom. The third kappa shape index (κ3) is 6.17. The lowest BCUT2D eigenvalue weighted by Gasteiger charge is -2.35. The number of nitrogens with one attached hydrogen (secondary N) is 1. The zero-order valence-corrected chi connectivity index (χ0v) is 23.9. The van der Waals surface area contributed by atoms with Crippen molar-refractivity contribution in [2.24, 2.45) is 11.1 Å². The molecule has 208 valence electrons. The van der Waals surface area contributed by atoms with Crippen molar-refractivity contribution in [2.75, 3.05) is 25.5 Å².